The molecular formula is C13H11NO. The smallest absolute Gasteiger partial charge is 0.187 e. The molecule has 1 saturated carbocycles. The Labute approximate surface area is 89.1 Å². The summed E-state index contributed by atoms with van der Waals surface area (Å²) in [6.07, 6.45) is 6.04. The molecule has 0 radical (unpaired) electrons. The predicted molar refractivity (Wildman–Crippen MR) is 58.9 cm³/mol. The Morgan fingerprint density at radius 1 is 1.33 bits per heavy atom. The summed E-state index contributed by atoms with van der Waals surface area (Å²) < 4.78 is 0. The van der Waals surface area contributed by atoms with Gasteiger partial charge in [-0.3, -0.25) is 4.79 Å². The molecule has 1 aliphatic rings. The molecule has 0 saturated heterocycles. The maximum Gasteiger partial charge on any atom is 0.187 e. The SMILES string of the molecule is [C-]#[N+]c1ccc(C(=O)/C=C/C2CC2)cc1. The molecule has 0 spiro atoms. The van der Waals surface area contributed by atoms with Crippen molar-refractivity contribution in [1.82, 2.24) is 0 Å². The second kappa shape index (κ2) is 4.10. The van der Waals surface area contributed by atoms with Crippen molar-refractivity contribution in [2.75, 3.05) is 0 Å². The minimum absolute atomic E-state index is 0.0263. The lowest BCUT2D eigenvalue weighted by Crippen LogP contribution is -1.93. The molecule has 0 atom stereocenters. The molecule has 0 N–H and O–H groups in total. The normalized spacial score (nSPS) is 15.1. The molecule has 0 aliphatic heterocycles. The monoisotopic (exact) mass is 197 g/mol. The molecule has 0 bridgehead atoms. The quantitative estimate of drug-likeness (QED) is 0.413. The molecule has 2 rings (SSSR count). The zero-order valence-corrected chi connectivity index (χ0v) is 8.31. The molecule has 2 nitrogen and oxygen atoms in total. The lowest BCUT2D eigenvalue weighted by atomic mass is 10.1. The number of hydrogen-bond donors (Lipinski definition) is 0. The van der Waals surface area contributed by atoms with E-state index in [9.17, 15) is 4.79 Å². The Bertz CT molecular complexity index is 433. The van der Waals surface area contributed by atoms with Crippen LogP contribution in [0.15, 0.2) is 36.4 Å². The Balaban J connectivity index is 2.08. The van der Waals surface area contributed by atoms with Crippen LogP contribution in [0.2, 0.25) is 0 Å². The van der Waals surface area contributed by atoms with E-state index in [-0.39, 0.29) is 5.78 Å². The van der Waals surface area contributed by atoms with Crippen LogP contribution < -0.4 is 0 Å². The van der Waals surface area contributed by atoms with Gasteiger partial charge in [0, 0.05) is 5.56 Å². The summed E-state index contributed by atoms with van der Waals surface area (Å²) in [6, 6.07) is 6.75. The molecule has 74 valence electrons. The predicted octanol–water partition coefficient (Wildman–Crippen LogP) is 3.39. The Morgan fingerprint density at radius 3 is 2.53 bits per heavy atom. The van der Waals surface area contributed by atoms with Crippen molar-refractivity contribution in [2.45, 2.75) is 12.8 Å². The van der Waals surface area contributed by atoms with Gasteiger partial charge in [-0.2, -0.15) is 0 Å². The highest BCUT2D eigenvalue weighted by Gasteiger charge is 2.17. The van der Waals surface area contributed by atoms with E-state index in [1.807, 2.05) is 6.08 Å². The third-order valence-corrected chi connectivity index (χ3v) is 2.42. The molecule has 15 heavy (non-hydrogen) atoms. The van der Waals surface area contributed by atoms with Gasteiger partial charge in [-0.15, -0.1) is 0 Å². The summed E-state index contributed by atoms with van der Waals surface area (Å²) in [4.78, 5) is 14.9. The van der Waals surface area contributed by atoms with Crippen molar-refractivity contribution in [1.29, 1.82) is 0 Å². The molecule has 1 aliphatic carbocycles. The van der Waals surface area contributed by atoms with Crippen molar-refractivity contribution >= 4 is 11.5 Å². The summed E-state index contributed by atoms with van der Waals surface area (Å²) in [6.45, 7) is 6.79. The van der Waals surface area contributed by atoms with Crippen molar-refractivity contribution < 1.29 is 4.79 Å². The fourth-order valence-corrected chi connectivity index (χ4v) is 1.31. The first-order chi connectivity index (χ1) is 7.29. The zero-order valence-electron chi connectivity index (χ0n) is 8.31. The highest BCUT2D eigenvalue weighted by molar-refractivity contribution is 6.04. The Kier molecular flexibility index (Phi) is 2.64. The van der Waals surface area contributed by atoms with E-state index in [1.54, 1.807) is 30.3 Å². The largest absolute Gasteiger partial charge is 0.289 e. The van der Waals surface area contributed by atoms with E-state index in [4.69, 9.17) is 6.57 Å². The fourth-order valence-electron chi connectivity index (χ4n) is 1.31. The minimum Gasteiger partial charge on any atom is -0.289 e. The van der Waals surface area contributed by atoms with Crippen molar-refractivity contribution in [2.24, 2.45) is 5.92 Å². The molecule has 1 aromatic rings. The van der Waals surface area contributed by atoms with Crippen LogP contribution >= 0.6 is 0 Å². The van der Waals surface area contributed by atoms with Crippen LogP contribution in [-0.4, -0.2) is 5.78 Å². The Morgan fingerprint density at radius 2 is 2.00 bits per heavy atom. The number of ketones is 1. The first kappa shape index (κ1) is 9.67. The van der Waals surface area contributed by atoms with Gasteiger partial charge in [0.25, 0.3) is 0 Å². The average molecular weight is 197 g/mol. The van der Waals surface area contributed by atoms with Crippen LogP contribution in [0.4, 0.5) is 5.69 Å². The topological polar surface area (TPSA) is 21.4 Å². The van der Waals surface area contributed by atoms with Gasteiger partial charge in [-0.1, -0.05) is 30.3 Å². The van der Waals surface area contributed by atoms with Gasteiger partial charge in [-0.05, 0) is 24.8 Å². The zero-order chi connectivity index (χ0) is 10.7. The van der Waals surface area contributed by atoms with Crippen molar-refractivity contribution in [3.8, 4) is 0 Å². The summed E-state index contributed by atoms with van der Waals surface area (Å²) in [5, 5.41) is 0. The first-order valence-electron chi connectivity index (χ1n) is 4.99. The van der Waals surface area contributed by atoms with Crippen molar-refractivity contribution in [3.63, 3.8) is 0 Å². The number of rotatable bonds is 3. The van der Waals surface area contributed by atoms with Crippen LogP contribution in [0.3, 0.4) is 0 Å². The highest BCUT2D eigenvalue weighted by Crippen LogP contribution is 2.30. The van der Waals surface area contributed by atoms with E-state index in [0.29, 0.717) is 17.2 Å². The summed E-state index contributed by atoms with van der Waals surface area (Å²) >= 11 is 0. The number of allylic oxidation sites excluding steroid dienone is 2. The van der Waals surface area contributed by atoms with E-state index in [0.717, 1.165) is 0 Å². The summed E-state index contributed by atoms with van der Waals surface area (Å²) in [5.74, 6) is 0.648. The van der Waals surface area contributed by atoms with Gasteiger partial charge in [0.2, 0.25) is 0 Å². The van der Waals surface area contributed by atoms with Crippen LogP contribution in [0, 0.1) is 12.5 Å². The number of benzene rings is 1. The molecule has 2 heteroatoms. The summed E-state index contributed by atoms with van der Waals surface area (Å²) in [7, 11) is 0. The minimum atomic E-state index is 0.0263. The third-order valence-electron chi connectivity index (χ3n) is 2.42. The number of nitrogens with zero attached hydrogens (tertiary/aromatic N) is 1. The van der Waals surface area contributed by atoms with E-state index < -0.39 is 0 Å². The summed E-state index contributed by atoms with van der Waals surface area (Å²) in [5.41, 5.74) is 1.22. The van der Waals surface area contributed by atoms with Crippen LogP contribution in [-0.2, 0) is 0 Å². The van der Waals surface area contributed by atoms with Gasteiger partial charge in [0.05, 0.1) is 6.57 Å². The van der Waals surface area contributed by atoms with Gasteiger partial charge in [0.15, 0.2) is 11.5 Å². The van der Waals surface area contributed by atoms with Crippen molar-refractivity contribution in [3.05, 3.63) is 53.4 Å². The van der Waals surface area contributed by atoms with Gasteiger partial charge in [-0.25, -0.2) is 4.85 Å². The van der Waals surface area contributed by atoms with Gasteiger partial charge in [0.1, 0.15) is 0 Å². The first-order valence-corrected chi connectivity index (χ1v) is 4.99. The Hall–Kier alpha value is -1.88. The van der Waals surface area contributed by atoms with Gasteiger partial charge < -0.3 is 0 Å². The molecule has 0 aromatic heterocycles. The number of hydrogen-bond acceptors (Lipinski definition) is 1. The van der Waals surface area contributed by atoms with E-state index >= 15 is 0 Å². The lowest BCUT2D eigenvalue weighted by Gasteiger charge is -1.95. The highest BCUT2D eigenvalue weighted by atomic mass is 16.1. The second-order valence-electron chi connectivity index (χ2n) is 3.72. The number of carbonyl (C=O) groups is 1. The molecule has 0 heterocycles. The van der Waals surface area contributed by atoms with Gasteiger partial charge >= 0.3 is 0 Å². The van der Waals surface area contributed by atoms with Crippen LogP contribution in [0.1, 0.15) is 23.2 Å². The molecule has 0 unspecified atom stereocenters. The van der Waals surface area contributed by atoms with Crippen LogP contribution in [0.5, 0.6) is 0 Å². The average Bonchev–Trinajstić information content (AvgIpc) is 3.10. The molecule has 1 aromatic carbocycles. The maximum atomic E-state index is 11.6. The number of carbonyl (C=O) groups excluding carboxylic acids is 1. The standard InChI is InChI=1S/C13H11NO/c1-14-12-7-5-11(6-8-12)13(15)9-4-10-2-3-10/h4-10H,2-3H2/b9-4+. The molecule has 0 amide bonds. The molecular weight excluding hydrogens is 186 g/mol. The molecule has 1 fully saturated rings. The lowest BCUT2D eigenvalue weighted by molar-refractivity contribution is 0.104. The van der Waals surface area contributed by atoms with Crippen LogP contribution in [0.25, 0.3) is 4.85 Å². The fraction of sp³-hybridized carbons (Fsp3) is 0.231. The van der Waals surface area contributed by atoms with E-state index in [2.05, 4.69) is 4.85 Å². The maximum absolute atomic E-state index is 11.6. The second-order valence-corrected chi connectivity index (χ2v) is 3.72. The third kappa shape index (κ3) is 2.54. The van der Waals surface area contributed by atoms with E-state index in [1.165, 1.54) is 12.8 Å².